The van der Waals surface area contributed by atoms with Gasteiger partial charge < -0.3 is 5.32 Å². The molecule has 6 nitrogen and oxygen atoms in total. The van der Waals surface area contributed by atoms with Crippen molar-refractivity contribution in [1.29, 1.82) is 0 Å². The number of anilines is 1. The lowest BCUT2D eigenvalue weighted by Gasteiger charge is -2.04. The van der Waals surface area contributed by atoms with Crippen LogP contribution in [0.3, 0.4) is 0 Å². The van der Waals surface area contributed by atoms with Crippen molar-refractivity contribution in [2.75, 3.05) is 5.32 Å². The molecule has 1 aromatic carbocycles. The third-order valence-electron chi connectivity index (χ3n) is 2.11. The highest BCUT2D eigenvalue weighted by Gasteiger charge is 2.06. The maximum absolute atomic E-state index is 11.6. The molecule has 0 aliphatic rings. The Balaban J connectivity index is 1.96. The standard InChI is InChI=1S/C11H9ClN4O2/c12-8-1-3-9(4-2-8)13-11(18)6-16-5-10(7-17)14-15-16/h1-5,7H,6H2,(H,13,18). The van der Waals surface area contributed by atoms with Crippen LogP contribution in [-0.4, -0.2) is 27.2 Å². The van der Waals surface area contributed by atoms with Crippen molar-refractivity contribution in [2.45, 2.75) is 6.54 Å². The van der Waals surface area contributed by atoms with Gasteiger partial charge in [0.05, 0.1) is 6.20 Å². The van der Waals surface area contributed by atoms with E-state index >= 15 is 0 Å². The molecular formula is C11H9ClN4O2. The molecule has 2 aromatic rings. The smallest absolute Gasteiger partial charge is 0.246 e. The van der Waals surface area contributed by atoms with Crippen molar-refractivity contribution in [3.8, 4) is 0 Å². The van der Waals surface area contributed by atoms with Gasteiger partial charge in [0.1, 0.15) is 12.2 Å². The van der Waals surface area contributed by atoms with E-state index in [-0.39, 0.29) is 18.1 Å². The molecule has 0 saturated carbocycles. The highest BCUT2D eigenvalue weighted by atomic mass is 35.5. The molecule has 1 amide bonds. The predicted molar refractivity (Wildman–Crippen MR) is 65.5 cm³/mol. The fourth-order valence-electron chi connectivity index (χ4n) is 1.33. The van der Waals surface area contributed by atoms with Crippen molar-refractivity contribution < 1.29 is 9.59 Å². The lowest BCUT2D eigenvalue weighted by atomic mass is 10.3. The number of nitrogens with zero attached hydrogens (tertiary/aromatic N) is 3. The van der Waals surface area contributed by atoms with Gasteiger partial charge in [0.2, 0.25) is 5.91 Å². The molecule has 0 aliphatic heterocycles. The fourth-order valence-corrected chi connectivity index (χ4v) is 1.45. The van der Waals surface area contributed by atoms with E-state index in [2.05, 4.69) is 15.6 Å². The minimum absolute atomic E-state index is 0.0104. The van der Waals surface area contributed by atoms with Crippen LogP contribution in [0.2, 0.25) is 5.02 Å². The Labute approximate surface area is 108 Å². The Morgan fingerprint density at radius 2 is 2.11 bits per heavy atom. The number of rotatable bonds is 4. The van der Waals surface area contributed by atoms with Gasteiger partial charge in [0, 0.05) is 10.7 Å². The van der Waals surface area contributed by atoms with Crippen LogP contribution in [0.15, 0.2) is 30.5 Å². The van der Waals surface area contributed by atoms with Gasteiger partial charge in [0.15, 0.2) is 6.29 Å². The zero-order chi connectivity index (χ0) is 13.0. The molecule has 1 aromatic heterocycles. The second-order valence-electron chi connectivity index (χ2n) is 3.51. The Morgan fingerprint density at radius 1 is 1.39 bits per heavy atom. The van der Waals surface area contributed by atoms with Crippen LogP contribution in [-0.2, 0) is 11.3 Å². The summed E-state index contributed by atoms with van der Waals surface area (Å²) in [5.74, 6) is -0.264. The summed E-state index contributed by atoms with van der Waals surface area (Å²) in [5.41, 5.74) is 0.828. The lowest BCUT2D eigenvalue weighted by Crippen LogP contribution is -2.19. The van der Waals surface area contributed by atoms with E-state index in [1.807, 2.05) is 0 Å². The van der Waals surface area contributed by atoms with Gasteiger partial charge >= 0.3 is 0 Å². The summed E-state index contributed by atoms with van der Waals surface area (Å²) in [6.45, 7) is -0.0104. The molecule has 0 radical (unpaired) electrons. The minimum Gasteiger partial charge on any atom is -0.324 e. The zero-order valence-corrected chi connectivity index (χ0v) is 9.96. The Hall–Kier alpha value is -2.21. The van der Waals surface area contributed by atoms with Gasteiger partial charge in [-0.15, -0.1) is 5.10 Å². The maximum Gasteiger partial charge on any atom is 0.246 e. The van der Waals surface area contributed by atoms with Gasteiger partial charge in [-0.05, 0) is 24.3 Å². The van der Waals surface area contributed by atoms with E-state index in [4.69, 9.17) is 11.6 Å². The monoisotopic (exact) mass is 264 g/mol. The number of benzene rings is 1. The maximum atomic E-state index is 11.6. The van der Waals surface area contributed by atoms with Crippen LogP contribution in [0.5, 0.6) is 0 Å². The quantitative estimate of drug-likeness (QED) is 0.847. The number of aldehydes is 1. The molecule has 0 aliphatic carbocycles. The van der Waals surface area contributed by atoms with Crippen LogP contribution in [0.1, 0.15) is 10.5 Å². The van der Waals surface area contributed by atoms with Crippen LogP contribution >= 0.6 is 11.6 Å². The van der Waals surface area contributed by atoms with Crippen LogP contribution in [0, 0.1) is 0 Å². The number of hydrogen-bond donors (Lipinski definition) is 1. The van der Waals surface area contributed by atoms with E-state index in [0.29, 0.717) is 17.0 Å². The summed E-state index contributed by atoms with van der Waals surface area (Å²) >= 11 is 5.73. The number of nitrogens with one attached hydrogen (secondary N) is 1. The minimum atomic E-state index is -0.264. The molecule has 0 bridgehead atoms. The molecule has 0 spiro atoms. The number of halogens is 1. The lowest BCUT2D eigenvalue weighted by molar-refractivity contribution is -0.116. The first-order valence-electron chi connectivity index (χ1n) is 5.08. The number of amides is 1. The SMILES string of the molecule is O=Cc1cn(CC(=O)Nc2ccc(Cl)cc2)nn1. The van der Waals surface area contributed by atoms with E-state index in [0.717, 1.165) is 0 Å². The third-order valence-corrected chi connectivity index (χ3v) is 2.36. The van der Waals surface area contributed by atoms with Crippen LogP contribution in [0.25, 0.3) is 0 Å². The van der Waals surface area contributed by atoms with Crippen LogP contribution in [0.4, 0.5) is 5.69 Å². The molecule has 2 rings (SSSR count). The van der Waals surface area contributed by atoms with Gasteiger partial charge in [-0.25, -0.2) is 4.68 Å². The van der Waals surface area contributed by atoms with Gasteiger partial charge in [0.25, 0.3) is 0 Å². The second-order valence-corrected chi connectivity index (χ2v) is 3.95. The molecule has 0 saturated heterocycles. The number of aromatic nitrogens is 3. The van der Waals surface area contributed by atoms with Gasteiger partial charge in [-0.2, -0.15) is 0 Å². The summed E-state index contributed by atoms with van der Waals surface area (Å²) in [6.07, 6.45) is 1.97. The van der Waals surface area contributed by atoms with E-state index in [1.165, 1.54) is 10.9 Å². The third kappa shape index (κ3) is 3.14. The second kappa shape index (κ2) is 5.42. The molecule has 0 unspecified atom stereocenters. The van der Waals surface area contributed by atoms with E-state index < -0.39 is 0 Å². The molecule has 1 N–H and O–H groups in total. The summed E-state index contributed by atoms with van der Waals surface area (Å²) in [7, 11) is 0. The van der Waals surface area contributed by atoms with Crippen molar-refractivity contribution in [3.63, 3.8) is 0 Å². The number of hydrogen-bond acceptors (Lipinski definition) is 4. The highest BCUT2D eigenvalue weighted by molar-refractivity contribution is 6.30. The predicted octanol–water partition coefficient (Wildman–Crippen LogP) is 1.38. The Kier molecular flexibility index (Phi) is 3.69. The first kappa shape index (κ1) is 12.3. The van der Waals surface area contributed by atoms with Gasteiger partial charge in [-0.1, -0.05) is 16.8 Å². The zero-order valence-electron chi connectivity index (χ0n) is 9.21. The number of carbonyl (C=O) groups excluding carboxylic acids is 2. The summed E-state index contributed by atoms with van der Waals surface area (Å²) in [4.78, 5) is 22.0. The molecule has 1 heterocycles. The fraction of sp³-hybridized carbons (Fsp3) is 0.0909. The summed E-state index contributed by atoms with van der Waals surface area (Å²) in [6, 6.07) is 6.74. The molecule has 18 heavy (non-hydrogen) atoms. The Bertz CT molecular complexity index is 565. The number of carbonyl (C=O) groups is 2. The van der Waals surface area contributed by atoms with Crippen molar-refractivity contribution in [3.05, 3.63) is 41.2 Å². The van der Waals surface area contributed by atoms with Crippen LogP contribution < -0.4 is 5.32 Å². The van der Waals surface area contributed by atoms with Crippen molar-refractivity contribution in [1.82, 2.24) is 15.0 Å². The van der Waals surface area contributed by atoms with E-state index in [1.54, 1.807) is 24.3 Å². The highest BCUT2D eigenvalue weighted by Crippen LogP contribution is 2.13. The first-order valence-corrected chi connectivity index (χ1v) is 5.46. The summed E-state index contributed by atoms with van der Waals surface area (Å²) in [5, 5.41) is 10.5. The molecule has 7 heteroatoms. The largest absolute Gasteiger partial charge is 0.324 e. The normalized spacial score (nSPS) is 10.1. The average Bonchev–Trinajstić information content (AvgIpc) is 2.79. The van der Waals surface area contributed by atoms with E-state index in [9.17, 15) is 9.59 Å². The molecule has 0 fully saturated rings. The van der Waals surface area contributed by atoms with Gasteiger partial charge in [-0.3, -0.25) is 9.59 Å². The topological polar surface area (TPSA) is 76.9 Å². The average molecular weight is 265 g/mol. The van der Waals surface area contributed by atoms with Crippen molar-refractivity contribution in [2.24, 2.45) is 0 Å². The molecule has 0 atom stereocenters. The Morgan fingerprint density at radius 3 is 2.72 bits per heavy atom. The molecule has 92 valence electrons. The first-order chi connectivity index (χ1) is 8.67. The molecular weight excluding hydrogens is 256 g/mol. The van der Waals surface area contributed by atoms with Crippen molar-refractivity contribution >= 4 is 29.5 Å². The summed E-state index contributed by atoms with van der Waals surface area (Å²) < 4.78 is 1.29.